The van der Waals surface area contributed by atoms with Crippen molar-refractivity contribution in [2.45, 2.75) is 18.6 Å². The Labute approximate surface area is 117 Å². The molecule has 1 N–H and O–H groups in total. The van der Waals surface area contributed by atoms with Gasteiger partial charge in [0.1, 0.15) is 5.82 Å². The summed E-state index contributed by atoms with van der Waals surface area (Å²) in [5.74, 6) is 0.697. The van der Waals surface area contributed by atoms with Crippen molar-refractivity contribution in [2.75, 3.05) is 25.4 Å². The Balaban J connectivity index is 2.01. The van der Waals surface area contributed by atoms with Crippen LogP contribution in [0.3, 0.4) is 0 Å². The molecule has 1 aliphatic heterocycles. The number of rotatable bonds is 2. The van der Waals surface area contributed by atoms with Gasteiger partial charge in [0.25, 0.3) is 0 Å². The van der Waals surface area contributed by atoms with Crippen molar-refractivity contribution < 1.29 is 9.18 Å². The zero-order chi connectivity index (χ0) is 13.7. The van der Waals surface area contributed by atoms with E-state index in [0.717, 1.165) is 24.3 Å². The summed E-state index contributed by atoms with van der Waals surface area (Å²) in [5, 5.41) is 2.95. The molecule has 1 saturated heterocycles. The molecule has 5 heteroatoms. The minimum atomic E-state index is -0.147. The molecule has 1 heterocycles. The third-order valence-electron chi connectivity index (χ3n) is 3.21. The molecule has 0 bridgehead atoms. The highest BCUT2D eigenvalue weighted by Gasteiger charge is 2.23. The molecule has 19 heavy (non-hydrogen) atoms. The maximum Gasteiger partial charge on any atom is 0.317 e. The van der Waals surface area contributed by atoms with Crippen molar-refractivity contribution in [1.82, 2.24) is 10.2 Å². The molecule has 0 aliphatic carbocycles. The Kier molecular flexibility index (Phi) is 5.07. The number of hydrogen-bond acceptors (Lipinski definition) is 2. The van der Waals surface area contributed by atoms with Crippen LogP contribution in [0, 0.1) is 5.82 Å². The molecule has 3 nitrogen and oxygen atoms in total. The number of hydrogen-bond donors (Lipinski definition) is 1. The molecule has 1 aromatic carbocycles. The molecular formula is C14H19FN2OS. The van der Waals surface area contributed by atoms with E-state index in [0.29, 0.717) is 13.1 Å². The third kappa shape index (κ3) is 3.62. The largest absolute Gasteiger partial charge is 0.338 e. The molecule has 0 spiro atoms. The Morgan fingerprint density at radius 2 is 2.26 bits per heavy atom. The van der Waals surface area contributed by atoms with Crippen LogP contribution < -0.4 is 5.32 Å². The number of amides is 2. The zero-order valence-electron chi connectivity index (χ0n) is 11.1. The van der Waals surface area contributed by atoms with Gasteiger partial charge in [0.05, 0.1) is 0 Å². The van der Waals surface area contributed by atoms with Gasteiger partial charge in [-0.05, 0) is 19.4 Å². The van der Waals surface area contributed by atoms with Crippen molar-refractivity contribution in [3.8, 4) is 0 Å². The van der Waals surface area contributed by atoms with Gasteiger partial charge in [0, 0.05) is 36.2 Å². The first-order valence-electron chi connectivity index (χ1n) is 6.61. The van der Waals surface area contributed by atoms with Crippen LogP contribution in [0.2, 0.25) is 0 Å². The molecule has 1 aromatic rings. The number of halogens is 1. The molecule has 1 atom stereocenters. The topological polar surface area (TPSA) is 32.3 Å². The van der Waals surface area contributed by atoms with Crippen LogP contribution in [0.1, 0.15) is 24.2 Å². The Bertz CT molecular complexity index is 441. The maximum atomic E-state index is 13.8. The molecule has 1 aliphatic rings. The summed E-state index contributed by atoms with van der Waals surface area (Å²) < 4.78 is 13.8. The van der Waals surface area contributed by atoms with E-state index in [4.69, 9.17) is 0 Å². The van der Waals surface area contributed by atoms with Crippen LogP contribution in [0.4, 0.5) is 9.18 Å². The van der Waals surface area contributed by atoms with Crippen LogP contribution in [-0.4, -0.2) is 36.3 Å². The van der Waals surface area contributed by atoms with Gasteiger partial charge in [-0.2, -0.15) is 11.8 Å². The fraction of sp³-hybridized carbons (Fsp3) is 0.500. The number of nitrogens with zero attached hydrogens (tertiary/aromatic N) is 1. The van der Waals surface area contributed by atoms with E-state index in [1.807, 2.05) is 24.0 Å². The number of thioether (sulfide) groups is 1. The summed E-state index contributed by atoms with van der Waals surface area (Å²) in [7, 11) is 0. The van der Waals surface area contributed by atoms with Crippen molar-refractivity contribution in [2.24, 2.45) is 0 Å². The lowest BCUT2D eigenvalue weighted by Crippen LogP contribution is -2.41. The molecule has 2 rings (SSSR count). The van der Waals surface area contributed by atoms with E-state index in [1.165, 1.54) is 6.07 Å². The highest BCUT2D eigenvalue weighted by atomic mass is 32.2. The van der Waals surface area contributed by atoms with E-state index in [-0.39, 0.29) is 17.1 Å². The minimum Gasteiger partial charge on any atom is -0.338 e. The van der Waals surface area contributed by atoms with Gasteiger partial charge < -0.3 is 10.2 Å². The lowest BCUT2D eigenvalue weighted by molar-refractivity contribution is 0.202. The van der Waals surface area contributed by atoms with E-state index in [1.54, 1.807) is 17.8 Å². The average Bonchev–Trinajstić information content (AvgIpc) is 2.65. The van der Waals surface area contributed by atoms with E-state index < -0.39 is 0 Å². The van der Waals surface area contributed by atoms with Crippen molar-refractivity contribution in [3.63, 3.8) is 0 Å². The fourth-order valence-electron chi connectivity index (χ4n) is 2.22. The predicted octanol–water partition coefficient (Wildman–Crippen LogP) is 3.04. The summed E-state index contributed by atoms with van der Waals surface area (Å²) >= 11 is 1.73. The predicted molar refractivity (Wildman–Crippen MR) is 76.9 cm³/mol. The summed E-state index contributed by atoms with van der Waals surface area (Å²) in [6.07, 6.45) is 0.794. The van der Waals surface area contributed by atoms with Gasteiger partial charge in [0.15, 0.2) is 0 Å². The Morgan fingerprint density at radius 3 is 3.00 bits per heavy atom. The second kappa shape index (κ2) is 6.80. The molecule has 0 radical (unpaired) electrons. The third-order valence-corrected chi connectivity index (χ3v) is 4.52. The summed E-state index contributed by atoms with van der Waals surface area (Å²) in [6.45, 7) is 3.95. The second-order valence-electron chi connectivity index (χ2n) is 4.49. The monoisotopic (exact) mass is 282 g/mol. The first-order chi connectivity index (χ1) is 9.22. The Hall–Kier alpha value is -1.23. The first-order valence-corrected chi connectivity index (χ1v) is 7.66. The number of nitrogens with one attached hydrogen (secondary N) is 1. The molecule has 0 saturated carbocycles. The summed E-state index contributed by atoms with van der Waals surface area (Å²) in [5.41, 5.74) is 0.755. The number of benzene rings is 1. The fourth-order valence-corrected chi connectivity index (χ4v) is 3.47. The van der Waals surface area contributed by atoms with Gasteiger partial charge in [0.2, 0.25) is 0 Å². The van der Waals surface area contributed by atoms with Crippen LogP contribution in [0.25, 0.3) is 0 Å². The lowest BCUT2D eigenvalue weighted by atomic mass is 10.1. The van der Waals surface area contributed by atoms with Gasteiger partial charge in [-0.3, -0.25) is 0 Å². The lowest BCUT2D eigenvalue weighted by Gasteiger charge is -2.20. The standard InChI is InChI=1S/C14H19FN2OS/c1-2-16-14(18)17-8-7-13(19-10-9-17)11-5-3-4-6-12(11)15/h3-6,13H,2,7-10H2,1H3,(H,16,18). The summed E-state index contributed by atoms with van der Waals surface area (Å²) in [6, 6.07) is 6.90. The maximum absolute atomic E-state index is 13.8. The van der Waals surface area contributed by atoms with Gasteiger partial charge >= 0.3 is 6.03 Å². The number of carbonyl (C=O) groups excluding carboxylic acids is 1. The zero-order valence-corrected chi connectivity index (χ0v) is 11.9. The SMILES string of the molecule is CCNC(=O)N1CCSC(c2ccccc2F)CC1. The van der Waals surface area contributed by atoms with Crippen molar-refractivity contribution in [3.05, 3.63) is 35.6 Å². The van der Waals surface area contributed by atoms with Crippen LogP contribution in [0.5, 0.6) is 0 Å². The second-order valence-corrected chi connectivity index (χ2v) is 5.80. The first kappa shape index (κ1) is 14.2. The highest BCUT2D eigenvalue weighted by Crippen LogP contribution is 2.35. The Morgan fingerprint density at radius 1 is 1.47 bits per heavy atom. The van der Waals surface area contributed by atoms with Crippen LogP contribution in [-0.2, 0) is 0 Å². The molecule has 0 aromatic heterocycles. The molecular weight excluding hydrogens is 263 g/mol. The number of carbonyl (C=O) groups is 1. The van der Waals surface area contributed by atoms with E-state index in [9.17, 15) is 9.18 Å². The average molecular weight is 282 g/mol. The van der Waals surface area contributed by atoms with Gasteiger partial charge in [-0.25, -0.2) is 9.18 Å². The van der Waals surface area contributed by atoms with Gasteiger partial charge in [-0.1, -0.05) is 18.2 Å². The van der Waals surface area contributed by atoms with Crippen LogP contribution >= 0.6 is 11.8 Å². The smallest absolute Gasteiger partial charge is 0.317 e. The van der Waals surface area contributed by atoms with Crippen molar-refractivity contribution >= 4 is 17.8 Å². The van der Waals surface area contributed by atoms with E-state index >= 15 is 0 Å². The van der Waals surface area contributed by atoms with E-state index in [2.05, 4.69) is 5.32 Å². The molecule has 104 valence electrons. The minimum absolute atomic E-state index is 0.0164. The number of urea groups is 1. The normalized spacial score (nSPS) is 19.9. The van der Waals surface area contributed by atoms with Crippen molar-refractivity contribution in [1.29, 1.82) is 0 Å². The quantitative estimate of drug-likeness (QED) is 0.904. The van der Waals surface area contributed by atoms with Gasteiger partial charge in [-0.15, -0.1) is 0 Å². The molecule has 2 amide bonds. The molecule has 1 unspecified atom stereocenters. The van der Waals surface area contributed by atoms with Crippen LogP contribution in [0.15, 0.2) is 24.3 Å². The molecule has 1 fully saturated rings. The summed E-state index contributed by atoms with van der Waals surface area (Å²) in [4.78, 5) is 13.6. The highest BCUT2D eigenvalue weighted by molar-refractivity contribution is 7.99.